The van der Waals surface area contributed by atoms with Gasteiger partial charge in [-0.2, -0.15) is 0 Å². The summed E-state index contributed by atoms with van der Waals surface area (Å²) in [5.41, 5.74) is 6.37. The van der Waals surface area contributed by atoms with Crippen LogP contribution < -0.4 is 15.2 Å². The Labute approximate surface area is 91.2 Å². The zero-order valence-corrected chi connectivity index (χ0v) is 9.83. The number of rotatable bonds is 3. The molecule has 0 heterocycles. The minimum atomic E-state index is -0.251. The van der Waals surface area contributed by atoms with Crippen molar-refractivity contribution < 1.29 is 9.47 Å². The fourth-order valence-electron chi connectivity index (χ4n) is 1.30. The number of para-hydroxylation sites is 1. The van der Waals surface area contributed by atoms with Crippen molar-refractivity contribution >= 4 is 0 Å². The minimum absolute atomic E-state index is 0.251. The van der Waals surface area contributed by atoms with Crippen LogP contribution in [0.4, 0.5) is 0 Å². The van der Waals surface area contributed by atoms with Crippen molar-refractivity contribution in [2.24, 2.45) is 5.73 Å². The summed E-state index contributed by atoms with van der Waals surface area (Å²) in [5, 5.41) is 0. The van der Waals surface area contributed by atoms with Crippen molar-refractivity contribution in [3.05, 3.63) is 23.8 Å². The van der Waals surface area contributed by atoms with Crippen LogP contribution in [0.2, 0.25) is 0 Å². The normalized spacial score (nSPS) is 11.3. The molecule has 0 aromatic heterocycles. The Kier molecular flexibility index (Phi) is 3.58. The van der Waals surface area contributed by atoms with Gasteiger partial charge >= 0.3 is 0 Å². The lowest BCUT2D eigenvalue weighted by atomic mass is 10.1. The van der Waals surface area contributed by atoms with Crippen molar-refractivity contribution in [1.82, 2.24) is 0 Å². The highest BCUT2D eigenvalue weighted by Crippen LogP contribution is 2.33. The van der Waals surface area contributed by atoms with E-state index in [1.807, 2.05) is 39.0 Å². The Balaban J connectivity index is 3.11. The van der Waals surface area contributed by atoms with Crippen LogP contribution in [0.15, 0.2) is 18.2 Å². The van der Waals surface area contributed by atoms with E-state index in [-0.39, 0.29) is 5.60 Å². The lowest BCUT2D eigenvalue weighted by molar-refractivity contribution is 0.124. The second-order valence-electron chi connectivity index (χ2n) is 4.37. The molecule has 2 N–H and O–H groups in total. The predicted molar refractivity (Wildman–Crippen MR) is 61.3 cm³/mol. The summed E-state index contributed by atoms with van der Waals surface area (Å²) < 4.78 is 11.1. The lowest BCUT2D eigenvalue weighted by Crippen LogP contribution is -2.24. The smallest absolute Gasteiger partial charge is 0.166 e. The molecule has 1 rings (SSSR count). The molecule has 84 valence electrons. The van der Waals surface area contributed by atoms with Gasteiger partial charge < -0.3 is 15.2 Å². The van der Waals surface area contributed by atoms with E-state index >= 15 is 0 Å². The number of ether oxygens (including phenoxy) is 2. The third kappa shape index (κ3) is 3.13. The van der Waals surface area contributed by atoms with Gasteiger partial charge in [-0.05, 0) is 26.8 Å². The van der Waals surface area contributed by atoms with Crippen LogP contribution >= 0.6 is 0 Å². The molecule has 0 aliphatic heterocycles. The number of methoxy groups -OCH3 is 1. The van der Waals surface area contributed by atoms with E-state index in [0.29, 0.717) is 6.54 Å². The summed E-state index contributed by atoms with van der Waals surface area (Å²) >= 11 is 0. The molecule has 0 amide bonds. The van der Waals surface area contributed by atoms with Crippen LogP contribution in [0, 0.1) is 0 Å². The van der Waals surface area contributed by atoms with Crippen LogP contribution in [0.3, 0.4) is 0 Å². The first-order chi connectivity index (χ1) is 6.98. The molecule has 1 aromatic carbocycles. The molecule has 15 heavy (non-hydrogen) atoms. The molecule has 0 saturated heterocycles. The lowest BCUT2D eigenvalue weighted by Gasteiger charge is -2.24. The van der Waals surface area contributed by atoms with Crippen LogP contribution in [-0.4, -0.2) is 12.7 Å². The van der Waals surface area contributed by atoms with Crippen molar-refractivity contribution in [3.8, 4) is 11.5 Å². The number of hydrogen-bond donors (Lipinski definition) is 1. The number of benzene rings is 1. The summed E-state index contributed by atoms with van der Waals surface area (Å²) in [6.45, 7) is 6.45. The molecule has 0 spiro atoms. The highest BCUT2D eigenvalue weighted by atomic mass is 16.5. The first-order valence-corrected chi connectivity index (χ1v) is 5.03. The largest absolute Gasteiger partial charge is 0.493 e. The van der Waals surface area contributed by atoms with Gasteiger partial charge in [0.1, 0.15) is 5.60 Å². The quantitative estimate of drug-likeness (QED) is 0.831. The second-order valence-corrected chi connectivity index (χ2v) is 4.37. The summed E-state index contributed by atoms with van der Waals surface area (Å²) in [4.78, 5) is 0. The minimum Gasteiger partial charge on any atom is -0.493 e. The Bertz CT molecular complexity index is 307. The average molecular weight is 209 g/mol. The molecular weight excluding hydrogens is 190 g/mol. The van der Waals surface area contributed by atoms with Gasteiger partial charge in [-0.15, -0.1) is 0 Å². The molecule has 0 saturated carbocycles. The Morgan fingerprint density at radius 2 is 1.93 bits per heavy atom. The highest BCUT2D eigenvalue weighted by molar-refractivity contribution is 5.46. The average Bonchev–Trinajstić information content (AvgIpc) is 2.16. The van der Waals surface area contributed by atoms with Gasteiger partial charge in [0.15, 0.2) is 11.5 Å². The number of hydrogen-bond acceptors (Lipinski definition) is 3. The van der Waals surface area contributed by atoms with Crippen molar-refractivity contribution in [2.45, 2.75) is 32.9 Å². The monoisotopic (exact) mass is 209 g/mol. The fraction of sp³-hybridized carbons (Fsp3) is 0.500. The maximum absolute atomic E-state index is 5.84. The van der Waals surface area contributed by atoms with E-state index in [1.165, 1.54) is 0 Å². The van der Waals surface area contributed by atoms with E-state index in [9.17, 15) is 0 Å². The maximum atomic E-state index is 5.84. The zero-order chi connectivity index (χ0) is 11.5. The summed E-state index contributed by atoms with van der Waals surface area (Å²) in [7, 11) is 1.63. The third-order valence-electron chi connectivity index (χ3n) is 1.91. The Morgan fingerprint density at radius 1 is 1.27 bits per heavy atom. The predicted octanol–water partition coefficient (Wildman–Crippen LogP) is 2.33. The van der Waals surface area contributed by atoms with Crippen molar-refractivity contribution in [2.75, 3.05) is 7.11 Å². The van der Waals surface area contributed by atoms with Gasteiger partial charge in [0.25, 0.3) is 0 Å². The van der Waals surface area contributed by atoms with E-state index in [1.54, 1.807) is 7.11 Å². The molecule has 0 fully saturated rings. The topological polar surface area (TPSA) is 44.5 Å². The van der Waals surface area contributed by atoms with Gasteiger partial charge in [0, 0.05) is 12.1 Å². The van der Waals surface area contributed by atoms with Crippen LogP contribution in [0.25, 0.3) is 0 Å². The summed E-state index contributed by atoms with van der Waals surface area (Å²) in [5.74, 6) is 1.47. The zero-order valence-electron chi connectivity index (χ0n) is 9.83. The third-order valence-corrected chi connectivity index (χ3v) is 1.91. The molecule has 0 atom stereocenters. The molecule has 3 heteroatoms. The fourth-order valence-corrected chi connectivity index (χ4v) is 1.30. The highest BCUT2D eigenvalue weighted by Gasteiger charge is 2.17. The van der Waals surface area contributed by atoms with Gasteiger partial charge in [0.2, 0.25) is 0 Å². The van der Waals surface area contributed by atoms with Crippen LogP contribution in [-0.2, 0) is 6.54 Å². The molecule has 0 unspecified atom stereocenters. The molecule has 0 radical (unpaired) electrons. The summed E-state index contributed by atoms with van der Waals surface area (Å²) in [6, 6.07) is 5.74. The van der Waals surface area contributed by atoms with Gasteiger partial charge in [-0.1, -0.05) is 12.1 Å². The second kappa shape index (κ2) is 4.53. The molecule has 3 nitrogen and oxygen atoms in total. The first kappa shape index (κ1) is 11.9. The number of nitrogens with two attached hydrogens (primary N) is 1. The van der Waals surface area contributed by atoms with Crippen molar-refractivity contribution in [1.29, 1.82) is 0 Å². The Hall–Kier alpha value is -1.22. The van der Waals surface area contributed by atoms with Gasteiger partial charge in [-0.25, -0.2) is 0 Å². The van der Waals surface area contributed by atoms with E-state index in [0.717, 1.165) is 17.1 Å². The van der Waals surface area contributed by atoms with Gasteiger partial charge in [-0.3, -0.25) is 0 Å². The van der Waals surface area contributed by atoms with Crippen LogP contribution in [0.1, 0.15) is 26.3 Å². The summed E-state index contributed by atoms with van der Waals surface area (Å²) in [6.07, 6.45) is 0. The molecule has 0 bridgehead atoms. The Morgan fingerprint density at radius 3 is 2.40 bits per heavy atom. The molecule has 0 aliphatic carbocycles. The van der Waals surface area contributed by atoms with E-state index in [2.05, 4.69) is 0 Å². The maximum Gasteiger partial charge on any atom is 0.166 e. The van der Waals surface area contributed by atoms with Gasteiger partial charge in [0.05, 0.1) is 7.11 Å². The van der Waals surface area contributed by atoms with Crippen LogP contribution in [0.5, 0.6) is 11.5 Å². The SMILES string of the molecule is COc1cccc(CN)c1OC(C)(C)C. The van der Waals surface area contributed by atoms with Crippen molar-refractivity contribution in [3.63, 3.8) is 0 Å². The van der Waals surface area contributed by atoms with E-state index in [4.69, 9.17) is 15.2 Å². The standard InChI is InChI=1S/C12H19NO2/c1-12(2,3)15-11-9(8-13)6-5-7-10(11)14-4/h5-7H,8,13H2,1-4H3. The van der Waals surface area contributed by atoms with E-state index < -0.39 is 0 Å². The molecule has 1 aromatic rings. The first-order valence-electron chi connectivity index (χ1n) is 5.03. The molecule has 0 aliphatic rings. The molecular formula is C12H19NO2.